The molecule has 0 heterocycles. The second kappa shape index (κ2) is 5.06. The highest BCUT2D eigenvalue weighted by Gasteiger charge is 2.22. The van der Waals surface area contributed by atoms with Gasteiger partial charge in [-0.1, -0.05) is 33.6 Å². The predicted octanol–water partition coefficient (Wildman–Crippen LogP) is 4.91. The van der Waals surface area contributed by atoms with Gasteiger partial charge in [0.05, 0.1) is 11.1 Å². The number of phenols is 1. The molecule has 1 aliphatic rings. The molecule has 0 aliphatic heterocycles. The van der Waals surface area contributed by atoms with E-state index in [9.17, 15) is 5.11 Å². The summed E-state index contributed by atoms with van der Waals surface area (Å²) in [4.78, 5) is 0. The number of benzene rings is 2. The maximum atomic E-state index is 9.43. The van der Waals surface area contributed by atoms with E-state index in [-0.39, 0.29) is 5.75 Å². The van der Waals surface area contributed by atoms with Gasteiger partial charge in [0.1, 0.15) is 5.75 Å². The Morgan fingerprint density at radius 3 is 2.84 bits per heavy atom. The first-order valence-corrected chi connectivity index (χ1v) is 7.34. The van der Waals surface area contributed by atoms with Crippen LogP contribution < -0.4 is 5.32 Å². The molecule has 2 nitrogen and oxygen atoms in total. The lowest BCUT2D eigenvalue weighted by Crippen LogP contribution is -2.06. The first-order valence-electron chi connectivity index (χ1n) is 6.17. The number of aryl methyl sites for hydroxylation is 1. The van der Waals surface area contributed by atoms with Crippen molar-refractivity contribution in [2.75, 3.05) is 5.32 Å². The van der Waals surface area contributed by atoms with E-state index in [2.05, 4.69) is 39.4 Å². The third-order valence-corrected chi connectivity index (χ3v) is 4.27. The predicted molar refractivity (Wildman–Crippen MR) is 81.9 cm³/mol. The summed E-state index contributed by atoms with van der Waals surface area (Å²) < 4.78 is 1.12. The summed E-state index contributed by atoms with van der Waals surface area (Å²) >= 11 is 9.43. The van der Waals surface area contributed by atoms with E-state index in [1.165, 1.54) is 11.1 Å². The van der Waals surface area contributed by atoms with Gasteiger partial charge in [-0.3, -0.25) is 0 Å². The highest BCUT2D eigenvalue weighted by atomic mass is 79.9. The molecule has 2 N–H and O–H groups in total. The molecule has 4 heteroatoms. The van der Waals surface area contributed by atoms with Crippen LogP contribution in [0.4, 0.5) is 5.69 Å². The second-order valence-electron chi connectivity index (χ2n) is 4.74. The average molecular weight is 339 g/mol. The largest absolute Gasteiger partial charge is 0.506 e. The van der Waals surface area contributed by atoms with Crippen molar-refractivity contribution >= 4 is 33.2 Å². The number of halogens is 2. The number of aromatic hydroxyl groups is 1. The number of anilines is 1. The number of nitrogens with one attached hydrogen (secondary N) is 1. The Labute approximate surface area is 125 Å². The smallest absolute Gasteiger partial charge is 0.134 e. The van der Waals surface area contributed by atoms with Gasteiger partial charge in [0.2, 0.25) is 0 Å². The Bertz CT molecular complexity index is 630. The van der Waals surface area contributed by atoms with E-state index in [1.54, 1.807) is 12.1 Å². The van der Waals surface area contributed by atoms with Gasteiger partial charge in [-0.05, 0) is 54.3 Å². The zero-order chi connectivity index (χ0) is 13.4. The van der Waals surface area contributed by atoms with Gasteiger partial charge in [-0.15, -0.1) is 0 Å². The minimum atomic E-state index is 0.114. The molecule has 0 saturated carbocycles. The molecule has 0 spiro atoms. The van der Waals surface area contributed by atoms with Crippen LogP contribution in [0.1, 0.15) is 23.6 Å². The molecule has 1 atom stereocenters. The Hall–Kier alpha value is -1.19. The van der Waals surface area contributed by atoms with Gasteiger partial charge in [-0.2, -0.15) is 0 Å². The van der Waals surface area contributed by atoms with Crippen LogP contribution in [0, 0.1) is 0 Å². The molecule has 1 aliphatic carbocycles. The third-order valence-electron chi connectivity index (χ3n) is 3.47. The zero-order valence-electron chi connectivity index (χ0n) is 10.2. The van der Waals surface area contributed by atoms with Crippen LogP contribution in [0.5, 0.6) is 5.75 Å². The van der Waals surface area contributed by atoms with Crippen molar-refractivity contribution in [2.24, 2.45) is 0 Å². The summed E-state index contributed by atoms with van der Waals surface area (Å²) in [5.41, 5.74) is 3.66. The molecule has 2 aromatic carbocycles. The summed E-state index contributed by atoms with van der Waals surface area (Å²) in [6, 6.07) is 11.9. The van der Waals surface area contributed by atoms with Crippen LogP contribution >= 0.6 is 27.5 Å². The fraction of sp³-hybridized carbons (Fsp3) is 0.200. The Kier molecular flexibility index (Phi) is 3.42. The second-order valence-corrected chi connectivity index (χ2v) is 6.07. The van der Waals surface area contributed by atoms with Crippen molar-refractivity contribution in [1.82, 2.24) is 0 Å². The minimum absolute atomic E-state index is 0.114. The lowest BCUT2D eigenvalue weighted by Gasteiger charge is -2.16. The van der Waals surface area contributed by atoms with Gasteiger partial charge >= 0.3 is 0 Å². The average Bonchev–Trinajstić information content (AvgIpc) is 2.76. The highest BCUT2D eigenvalue weighted by Crippen LogP contribution is 2.36. The van der Waals surface area contributed by atoms with Crippen LogP contribution in [0.15, 0.2) is 40.9 Å². The van der Waals surface area contributed by atoms with Crippen molar-refractivity contribution in [3.8, 4) is 5.75 Å². The first kappa shape index (κ1) is 12.8. The van der Waals surface area contributed by atoms with E-state index in [0.717, 1.165) is 23.0 Å². The monoisotopic (exact) mass is 337 g/mol. The van der Waals surface area contributed by atoms with Crippen molar-refractivity contribution in [3.63, 3.8) is 0 Å². The topological polar surface area (TPSA) is 32.3 Å². The highest BCUT2D eigenvalue weighted by molar-refractivity contribution is 9.10. The van der Waals surface area contributed by atoms with E-state index >= 15 is 0 Å². The standard InChI is InChI=1S/C15H13BrClNO/c16-10-2-4-12-9(7-10)1-5-14(12)18-11-3-6-15(19)13(17)8-11/h2-4,6-8,14,18-19H,1,5H2. The molecule has 0 fully saturated rings. The summed E-state index contributed by atoms with van der Waals surface area (Å²) in [6.07, 6.45) is 2.16. The van der Waals surface area contributed by atoms with Gasteiger partial charge in [0.25, 0.3) is 0 Å². The first-order chi connectivity index (χ1) is 9.13. The van der Waals surface area contributed by atoms with Gasteiger partial charge < -0.3 is 10.4 Å². The molecule has 3 rings (SSSR count). The number of hydrogen-bond acceptors (Lipinski definition) is 2. The van der Waals surface area contributed by atoms with Crippen molar-refractivity contribution in [2.45, 2.75) is 18.9 Å². The van der Waals surface area contributed by atoms with Gasteiger partial charge in [0.15, 0.2) is 0 Å². The van der Waals surface area contributed by atoms with Crippen LogP contribution in [-0.4, -0.2) is 5.11 Å². The number of phenolic OH excluding ortho intramolecular Hbond substituents is 1. The number of fused-ring (bicyclic) bond motifs is 1. The summed E-state index contributed by atoms with van der Waals surface area (Å²) in [5, 5.41) is 13.3. The minimum Gasteiger partial charge on any atom is -0.506 e. The summed E-state index contributed by atoms with van der Waals surface area (Å²) in [6.45, 7) is 0. The fourth-order valence-electron chi connectivity index (χ4n) is 2.53. The van der Waals surface area contributed by atoms with Gasteiger partial charge in [0, 0.05) is 10.2 Å². The van der Waals surface area contributed by atoms with Crippen LogP contribution in [-0.2, 0) is 6.42 Å². The zero-order valence-corrected chi connectivity index (χ0v) is 12.5. The van der Waals surface area contributed by atoms with Crippen molar-refractivity contribution in [3.05, 3.63) is 57.0 Å². The molecular formula is C15H13BrClNO. The lowest BCUT2D eigenvalue weighted by atomic mass is 10.1. The maximum absolute atomic E-state index is 9.43. The molecule has 2 aromatic rings. The van der Waals surface area contributed by atoms with E-state index < -0.39 is 0 Å². The summed E-state index contributed by atoms with van der Waals surface area (Å²) in [7, 11) is 0. The van der Waals surface area contributed by atoms with Crippen molar-refractivity contribution < 1.29 is 5.11 Å². The molecule has 0 bridgehead atoms. The molecule has 0 radical (unpaired) electrons. The molecule has 19 heavy (non-hydrogen) atoms. The van der Waals surface area contributed by atoms with E-state index in [4.69, 9.17) is 11.6 Å². The Morgan fingerprint density at radius 1 is 1.21 bits per heavy atom. The fourth-order valence-corrected chi connectivity index (χ4v) is 3.12. The van der Waals surface area contributed by atoms with Crippen LogP contribution in [0.2, 0.25) is 5.02 Å². The number of rotatable bonds is 2. The molecule has 1 unspecified atom stereocenters. The molecule has 0 aromatic heterocycles. The van der Waals surface area contributed by atoms with E-state index in [1.807, 2.05) is 6.07 Å². The summed E-state index contributed by atoms with van der Waals surface area (Å²) in [5.74, 6) is 0.114. The molecular weight excluding hydrogens is 326 g/mol. The Morgan fingerprint density at radius 2 is 2.05 bits per heavy atom. The molecule has 0 saturated heterocycles. The third kappa shape index (κ3) is 2.58. The van der Waals surface area contributed by atoms with E-state index in [0.29, 0.717) is 11.1 Å². The van der Waals surface area contributed by atoms with Crippen LogP contribution in [0.25, 0.3) is 0 Å². The van der Waals surface area contributed by atoms with Crippen LogP contribution in [0.3, 0.4) is 0 Å². The lowest BCUT2D eigenvalue weighted by molar-refractivity contribution is 0.475. The quantitative estimate of drug-likeness (QED) is 0.763. The van der Waals surface area contributed by atoms with Gasteiger partial charge in [-0.25, -0.2) is 0 Å². The Balaban J connectivity index is 1.84. The number of hydrogen-bond donors (Lipinski definition) is 2. The van der Waals surface area contributed by atoms with Crippen molar-refractivity contribution in [1.29, 1.82) is 0 Å². The molecule has 98 valence electrons. The molecule has 0 amide bonds. The normalized spacial score (nSPS) is 17.3. The maximum Gasteiger partial charge on any atom is 0.134 e. The SMILES string of the molecule is Oc1ccc(NC2CCc3cc(Br)ccc32)cc1Cl.